The molecule has 1 fully saturated rings. The van der Waals surface area contributed by atoms with Crippen molar-refractivity contribution in [2.24, 2.45) is 0 Å². The first-order valence-electron chi connectivity index (χ1n) is 7.45. The highest BCUT2D eigenvalue weighted by Gasteiger charge is 2.19. The zero-order valence-corrected chi connectivity index (χ0v) is 13.3. The zero-order valence-electron chi connectivity index (χ0n) is 12.5. The maximum absolute atomic E-state index is 4.69. The minimum atomic E-state index is 0.167. The molecule has 2 N–H and O–H groups in total. The predicted molar refractivity (Wildman–Crippen MR) is 82.7 cm³/mol. The van der Waals surface area contributed by atoms with E-state index in [2.05, 4.69) is 36.8 Å². The summed E-state index contributed by atoms with van der Waals surface area (Å²) in [6, 6.07) is 0.842. The van der Waals surface area contributed by atoms with Gasteiger partial charge in [-0.05, 0) is 59.4 Å². The van der Waals surface area contributed by atoms with Crippen LogP contribution in [-0.2, 0) is 13.0 Å². The zero-order chi connectivity index (χ0) is 13.7. The summed E-state index contributed by atoms with van der Waals surface area (Å²) in [5.41, 5.74) is 1.43. The fourth-order valence-corrected chi connectivity index (χ4v) is 2.68. The number of hydrogen-bond acceptors (Lipinski definition) is 4. The van der Waals surface area contributed by atoms with E-state index in [-0.39, 0.29) is 5.54 Å². The number of unbranched alkanes of at least 4 members (excludes halogenated alkanes) is 1. The van der Waals surface area contributed by atoms with Gasteiger partial charge >= 0.3 is 0 Å². The van der Waals surface area contributed by atoms with Gasteiger partial charge in [-0.15, -0.1) is 11.3 Å². The Morgan fingerprint density at radius 3 is 2.79 bits per heavy atom. The normalized spacial score (nSPS) is 15.9. The molecule has 1 heterocycles. The molecule has 0 amide bonds. The molecule has 0 aliphatic heterocycles. The first-order chi connectivity index (χ1) is 9.03. The Hall–Kier alpha value is -0.450. The Balaban J connectivity index is 1.59. The van der Waals surface area contributed by atoms with Crippen molar-refractivity contribution < 1.29 is 0 Å². The lowest BCUT2D eigenvalue weighted by Crippen LogP contribution is -2.35. The van der Waals surface area contributed by atoms with Crippen molar-refractivity contribution >= 4 is 11.3 Å². The monoisotopic (exact) mass is 281 g/mol. The van der Waals surface area contributed by atoms with E-state index in [1.807, 2.05) is 0 Å². The summed E-state index contributed by atoms with van der Waals surface area (Å²) < 4.78 is 0. The smallest absolute Gasteiger partial charge is 0.107 e. The fraction of sp³-hybridized carbons (Fsp3) is 0.800. The predicted octanol–water partition coefficient (Wildman–Crippen LogP) is 3.11. The fourth-order valence-electron chi connectivity index (χ4n) is 1.91. The number of nitrogens with one attached hydrogen (secondary N) is 2. The maximum atomic E-state index is 4.69. The van der Waals surface area contributed by atoms with Crippen molar-refractivity contribution in [3.63, 3.8) is 0 Å². The molecule has 1 saturated carbocycles. The lowest BCUT2D eigenvalue weighted by Gasteiger charge is -2.19. The Morgan fingerprint density at radius 2 is 2.11 bits per heavy atom. The molecule has 0 unspecified atom stereocenters. The van der Waals surface area contributed by atoms with Gasteiger partial charge in [-0.3, -0.25) is 0 Å². The Kier molecular flexibility index (Phi) is 5.37. The molecule has 1 aromatic rings. The van der Waals surface area contributed by atoms with Gasteiger partial charge in [0.1, 0.15) is 5.01 Å². The standard InChI is InChI=1S/C15H27N3S/c1-15(2,3)17-10-14-18-13(11-19-14)6-4-5-9-16-12-7-8-12/h11-12,16-17H,4-10H2,1-3H3. The molecule has 1 aliphatic carbocycles. The van der Waals surface area contributed by atoms with Gasteiger partial charge in [0.15, 0.2) is 0 Å². The summed E-state index contributed by atoms with van der Waals surface area (Å²) >= 11 is 1.78. The minimum Gasteiger partial charge on any atom is -0.314 e. The van der Waals surface area contributed by atoms with E-state index in [1.165, 1.54) is 42.9 Å². The van der Waals surface area contributed by atoms with Crippen molar-refractivity contribution in [1.82, 2.24) is 15.6 Å². The van der Waals surface area contributed by atoms with Crippen LogP contribution in [-0.4, -0.2) is 23.1 Å². The molecule has 0 atom stereocenters. The summed E-state index contributed by atoms with van der Waals surface area (Å²) in [7, 11) is 0. The average Bonchev–Trinajstić information content (AvgIpc) is 3.04. The van der Waals surface area contributed by atoms with Gasteiger partial charge in [0.05, 0.1) is 5.69 Å². The summed E-state index contributed by atoms with van der Waals surface area (Å²) in [6.45, 7) is 8.63. The lowest BCUT2D eigenvalue weighted by molar-refractivity contribution is 0.423. The Bertz CT molecular complexity index is 377. The van der Waals surface area contributed by atoms with Gasteiger partial charge < -0.3 is 10.6 Å². The molecule has 2 rings (SSSR count). The second kappa shape index (κ2) is 6.82. The van der Waals surface area contributed by atoms with Crippen LogP contribution in [0.5, 0.6) is 0 Å². The minimum absolute atomic E-state index is 0.167. The summed E-state index contributed by atoms with van der Waals surface area (Å²) in [4.78, 5) is 4.69. The third-order valence-corrected chi connectivity index (χ3v) is 4.14. The van der Waals surface area contributed by atoms with E-state index in [0.717, 1.165) is 19.0 Å². The third-order valence-electron chi connectivity index (χ3n) is 3.24. The second-order valence-corrected chi connectivity index (χ2v) is 7.46. The van der Waals surface area contributed by atoms with E-state index < -0.39 is 0 Å². The number of aromatic nitrogens is 1. The number of rotatable bonds is 8. The number of aryl methyl sites for hydroxylation is 1. The van der Waals surface area contributed by atoms with Crippen molar-refractivity contribution in [2.75, 3.05) is 6.54 Å². The molecule has 108 valence electrons. The van der Waals surface area contributed by atoms with Crippen LogP contribution in [0.15, 0.2) is 5.38 Å². The van der Waals surface area contributed by atoms with E-state index in [4.69, 9.17) is 4.98 Å². The van der Waals surface area contributed by atoms with Gasteiger partial charge in [-0.2, -0.15) is 0 Å². The maximum Gasteiger partial charge on any atom is 0.107 e. The number of nitrogens with zero attached hydrogens (tertiary/aromatic N) is 1. The molecule has 0 radical (unpaired) electrons. The van der Waals surface area contributed by atoms with Crippen molar-refractivity contribution in [3.05, 3.63) is 16.1 Å². The Labute approximate surface area is 121 Å². The number of hydrogen-bond donors (Lipinski definition) is 2. The van der Waals surface area contributed by atoms with Crippen LogP contribution < -0.4 is 10.6 Å². The third kappa shape index (κ3) is 6.50. The van der Waals surface area contributed by atoms with Gasteiger partial charge in [0.2, 0.25) is 0 Å². The van der Waals surface area contributed by atoms with E-state index >= 15 is 0 Å². The number of thiazole rings is 1. The van der Waals surface area contributed by atoms with E-state index in [0.29, 0.717) is 0 Å². The van der Waals surface area contributed by atoms with Crippen molar-refractivity contribution in [1.29, 1.82) is 0 Å². The summed E-state index contributed by atoms with van der Waals surface area (Å²) in [5, 5.41) is 10.5. The summed E-state index contributed by atoms with van der Waals surface area (Å²) in [6.07, 6.45) is 6.41. The molecule has 4 heteroatoms. The SMILES string of the molecule is CC(C)(C)NCc1nc(CCCCNC2CC2)cs1. The van der Waals surface area contributed by atoms with Gasteiger partial charge in [0, 0.05) is 23.5 Å². The van der Waals surface area contributed by atoms with Crippen LogP contribution >= 0.6 is 11.3 Å². The van der Waals surface area contributed by atoms with Crippen LogP contribution in [0, 0.1) is 0 Å². The van der Waals surface area contributed by atoms with Gasteiger partial charge in [0.25, 0.3) is 0 Å². The van der Waals surface area contributed by atoms with E-state index in [9.17, 15) is 0 Å². The van der Waals surface area contributed by atoms with Crippen LogP contribution in [0.2, 0.25) is 0 Å². The second-order valence-electron chi connectivity index (χ2n) is 6.52. The first kappa shape index (κ1) is 14.9. The molecule has 0 bridgehead atoms. The van der Waals surface area contributed by atoms with Crippen molar-refractivity contribution in [3.8, 4) is 0 Å². The highest BCUT2D eigenvalue weighted by molar-refractivity contribution is 7.09. The van der Waals surface area contributed by atoms with E-state index in [1.54, 1.807) is 11.3 Å². The molecule has 3 nitrogen and oxygen atoms in total. The molecule has 0 spiro atoms. The van der Waals surface area contributed by atoms with Gasteiger partial charge in [-0.1, -0.05) is 0 Å². The largest absolute Gasteiger partial charge is 0.314 e. The quantitative estimate of drug-likeness (QED) is 0.719. The molecule has 1 aliphatic rings. The van der Waals surface area contributed by atoms with Crippen LogP contribution in [0.25, 0.3) is 0 Å². The molecule has 19 heavy (non-hydrogen) atoms. The molecule has 0 saturated heterocycles. The summed E-state index contributed by atoms with van der Waals surface area (Å²) in [5.74, 6) is 0. The first-order valence-corrected chi connectivity index (χ1v) is 8.32. The average molecular weight is 281 g/mol. The van der Waals surface area contributed by atoms with Crippen LogP contribution in [0.4, 0.5) is 0 Å². The molecule has 0 aromatic carbocycles. The highest BCUT2D eigenvalue weighted by Crippen LogP contribution is 2.18. The van der Waals surface area contributed by atoms with Crippen LogP contribution in [0.1, 0.15) is 57.2 Å². The molecule has 1 aromatic heterocycles. The molecular formula is C15H27N3S. The Morgan fingerprint density at radius 1 is 1.32 bits per heavy atom. The van der Waals surface area contributed by atoms with Crippen LogP contribution in [0.3, 0.4) is 0 Å². The lowest BCUT2D eigenvalue weighted by atomic mass is 10.1. The highest BCUT2D eigenvalue weighted by atomic mass is 32.1. The molecular weight excluding hydrogens is 254 g/mol. The van der Waals surface area contributed by atoms with Crippen molar-refractivity contribution in [2.45, 2.75) is 71.0 Å². The topological polar surface area (TPSA) is 37.0 Å². The van der Waals surface area contributed by atoms with Gasteiger partial charge in [-0.25, -0.2) is 4.98 Å².